The fraction of sp³-hybridized carbons (Fsp3) is 0.667. The summed E-state index contributed by atoms with van der Waals surface area (Å²) in [6, 6.07) is 5.93. The van der Waals surface area contributed by atoms with Crippen LogP contribution < -0.4 is 5.32 Å². The van der Waals surface area contributed by atoms with Gasteiger partial charge in [-0.1, -0.05) is 66.9 Å². The van der Waals surface area contributed by atoms with E-state index in [2.05, 4.69) is 52.9 Å². The van der Waals surface area contributed by atoms with Crippen LogP contribution in [-0.4, -0.2) is 25.0 Å². The maximum Gasteiger partial charge on any atom is 0.338 e. The Kier molecular flexibility index (Phi) is 7.30. The number of rotatable bonds is 5. The molecule has 1 aromatic carbocycles. The standard InChI is InChI=1S/C24H37NO3/c1-23(2,3)19-12-18(13-20(14-19)24(4,5)6)22(27)28-16-21(26)25-15-17-10-8-7-9-11-17/h12-14,17H,7-11,15-16H2,1-6H3,(H,25,26). The highest BCUT2D eigenvalue weighted by Crippen LogP contribution is 2.30. The van der Waals surface area contributed by atoms with E-state index in [4.69, 9.17) is 4.74 Å². The van der Waals surface area contributed by atoms with E-state index in [1.165, 1.54) is 32.1 Å². The van der Waals surface area contributed by atoms with Gasteiger partial charge in [-0.05, 0) is 52.8 Å². The molecular formula is C24H37NO3. The van der Waals surface area contributed by atoms with Gasteiger partial charge in [-0.3, -0.25) is 4.79 Å². The van der Waals surface area contributed by atoms with E-state index < -0.39 is 5.97 Å². The van der Waals surface area contributed by atoms with Crippen molar-refractivity contribution in [2.45, 2.75) is 84.5 Å². The number of benzene rings is 1. The molecular weight excluding hydrogens is 350 g/mol. The zero-order chi connectivity index (χ0) is 20.9. The molecule has 1 saturated carbocycles. The Morgan fingerprint density at radius 3 is 1.96 bits per heavy atom. The molecule has 0 atom stereocenters. The van der Waals surface area contributed by atoms with E-state index in [1.807, 2.05) is 12.1 Å². The summed E-state index contributed by atoms with van der Waals surface area (Å²) in [7, 11) is 0. The topological polar surface area (TPSA) is 55.4 Å². The van der Waals surface area contributed by atoms with Gasteiger partial charge in [0, 0.05) is 6.54 Å². The molecule has 1 N–H and O–H groups in total. The third-order valence-electron chi connectivity index (χ3n) is 5.55. The molecule has 0 aromatic heterocycles. The minimum atomic E-state index is -0.440. The molecule has 4 nitrogen and oxygen atoms in total. The number of carbonyl (C=O) groups excluding carboxylic acids is 2. The average Bonchev–Trinajstić information content (AvgIpc) is 2.63. The summed E-state index contributed by atoms with van der Waals surface area (Å²) >= 11 is 0. The lowest BCUT2D eigenvalue weighted by molar-refractivity contribution is -0.124. The molecule has 0 spiro atoms. The number of ether oxygens (including phenoxy) is 1. The smallest absolute Gasteiger partial charge is 0.338 e. The second-order valence-corrected chi connectivity index (χ2v) is 10.2. The molecule has 0 unspecified atom stereocenters. The quantitative estimate of drug-likeness (QED) is 0.712. The Morgan fingerprint density at radius 1 is 0.929 bits per heavy atom. The summed E-state index contributed by atoms with van der Waals surface area (Å²) in [4.78, 5) is 24.7. The fourth-order valence-electron chi connectivity index (χ4n) is 3.53. The van der Waals surface area contributed by atoms with E-state index in [0.29, 0.717) is 18.0 Å². The molecule has 0 radical (unpaired) electrons. The fourth-order valence-corrected chi connectivity index (χ4v) is 3.53. The highest BCUT2D eigenvalue weighted by atomic mass is 16.5. The van der Waals surface area contributed by atoms with Crippen LogP contribution >= 0.6 is 0 Å². The highest BCUT2D eigenvalue weighted by Gasteiger charge is 2.23. The van der Waals surface area contributed by atoms with Crippen molar-refractivity contribution in [1.29, 1.82) is 0 Å². The second kappa shape index (κ2) is 9.11. The van der Waals surface area contributed by atoms with E-state index in [-0.39, 0.29) is 23.3 Å². The predicted octanol–water partition coefficient (Wildman–Crippen LogP) is 5.13. The summed E-state index contributed by atoms with van der Waals surface area (Å²) in [6.07, 6.45) is 6.14. The Balaban J connectivity index is 1.99. The monoisotopic (exact) mass is 387 g/mol. The normalized spacial score (nSPS) is 15.9. The molecule has 1 aliphatic carbocycles. The van der Waals surface area contributed by atoms with Gasteiger partial charge in [0.15, 0.2) is 6.61 Å². The molecule has 0 bridgehead atoms. The summed E-state index contributed by atoms with van der Waals surface area (Å²) in [5.41, 5.74) is 2.54. The average molecular weight is 388 g/mol. The van der Waals surface area contributed by atoms with E-state index in [0.717, 1.165) is 11.1 Å². The van der Waals surface area contributed by atoms with Crippen LogP contribution in [0.15, 0.2) is 18.2 Å². The summed E-state index contributed by atoms with van der Waals surface area (Å²) in [5.74, 6) is -0.0995. The minimum Gasteiger partial charge on any atom is -0.452 e. The van der Waals surface area contributed by atoms with Crippen LogP contribution in [0.25, 0.3) is 0 Å². The Hall–Kier alpha value is -1.84. The number of hydrogen-bond donors (Lipinski definition) is 1. The van der Waals surface area contributed by atoms with Crippen LogP contribution in [0.1, 0.15) is 95.1 Å². The SMILES string of the molecule is CC(C)(C)c1cc(C(=O)OCC(=O)NCC2CCCCC2)cc(C(C)(C)C)c1. The highest BCUT2D eigenvalue weighted by molar-refractivity contribution is 5.91. The van der Waals surface area contributed by atoms with Gasteiger partial charge in [-0.25, -0.2) is 4.79 Å². The van der Waals surface area contributed by atoms with Crippen molar-refractivity contribution in [3.05, 3.63) is 34.9 Å². The van der Waals surface area contributed by atoms with Crippen LogP contribution in [-0.2, 0) is 20.4 Å². The first-order chi connectivity index (χ1) is 13.0. The maximum atomic E-state index is 12.6. The number of nitrogens with one attached hydrogen (secondary N) is 1. The van der Waals surface area contributed by atoms with Gasteiger partial charge in [0.05, 0.1) is 5.56 Å². The van der Waals surface area contributed by atoms with Gasteiger partial charge < -0.3 is 10.1 Å². The third-order valence-corrected chi connectivity index (χ3v) is 5.55. The van der Waals surface area contributed by atoms with Gasteiger partial charge in [0.1, 0.15) is 0 Å². The summed E-state index contributed by atoms with van der Waals surface area (Å²) < 4.78 is 5.31. The molecule has 156 valence electrons. The zero-order valence-corrected chi connectivity index (χ0v) is 18.5. The number of amides is 1. The van der Waals surface area contributed by atoms with E-state index in [1.54, 1.807) is 0 Å². The van der Waals surface area contributed by atoms with Crippen LogP contribution in [0.2, 0.25) is 0 Å². The molecule has 0 aliphatic heterocycles. The van der Waals surface area contributed by atoms with Crippen LogP contribution in [0, 0.1) is 5.92 Å². The van der Waals surface area contributed by atoms with Gasteiger partial charge in [-0.2, -0.15) is 0 Å². The van der Waals surface area contributed by atoms with Crippen LogP contribution in [0.3, 0.4) is 0 Å². The van der Waals surface area contributed by atoms with Gasteiger partial charge in [-0.15, -0.1) is 0 Å². The van der Waals surface area contributed by atoms with Gasteiger partial charge >= 0.3 is 5.97 Å². The molecule has 4 heteroatoms. The predicted molar refractivity (Wildman–Crippen MR) is 114 cm³/mol. The van der Waals surface area contributed by atoms with Gasteiger partial charge in [0.2, 0.25) is 0 Å². The molecule has 2 rings (SSSR count). The van der Waals surface area contributed by atoms with Crippen LogP contribution in [0.5, 0.6) is 0 Å². The van der Waals surface area contributed by atoms with Crippen molar-refractivity contribution in [1.82, 2.24) is 5.32 Å². The molecule has 28 heavy (non-hydrogen) atoms. The first-order valence-corrected chi connectivity index (χ1v) is 10.6. The minimum absolute atomic E-state index is 0.0757. The van der Waals surface area contributed by atoms with Crippen molar-refractivity contribution in [3.63, 3.8) is 0 Å². The zero-order valence-electron chi connectivity index (χ0n) is 18.5. The first kappa shape index (κ1) is 22.4. The van der Waals surface area contributed by atoms with Crippen LogP contribution in [0.4, 0.5) is 0 Å². The van der Waals surface area contributed by atoms with E-state index in [9.17, 15) is 9.59 Å². The molecule has 1 fully saturated rings. The first-order valence-electron chi connectivity index (χ1n) is 10.6. The maximum absolute atomic E-state index is 12.6. The van der Waals surface area contributed by atoms with Crippen molar-refractivity contribution in [3.8, 4) is 0 Å². The van der Waals surface area contributed by atoms with Crippen molar-refractivity contribution < 1.29 is 14.3 Å². The Morgan fingerprint density at radius 2 is 1.46 bits per heavy atom. The molecule has 1 aliphatic rings. The second-order valence-electron chi connectivity index (χ2n) is 10.2. The Bertz CT molecular complexity index is 657. The third kappa shape index (κ3) is 6.65. The van der Waals surface area contributed by atoms with Crippen molar-refractivity contribution in [2.75, 3.05) is 13.2 Å². The molecule has 0 saturated heterocycles. The molecule has 0 heterocycles. The Labute approximate surface area is 170 Å². The number of carbonyl (C=O) groups is 2. The van der Waals surface area contributed by atoms with Gasteiger partial charge in [0.25, 0.3) is 5.91 Å². The lowest BCUT2D eigenvalue weighted by atomic mass is 9.79. The molecule has 1 aromatic rings. The summed E-state index contributed by atoms with van der Waals surface area (Å²) in [6.45, 7) is 13.2. The van der Waals surface area contributed by atoms with E-state index >= 15 is 0 Å². The molecule has 1 amide bonds. The lowest BCUT2D eigenvalue weighted by Crippen LogP contribution is -2.33. The number of esters is 1. The lowest BCUT2D eigenvalue weighted by Gasteiger charge is -2.26. The number of hydrogen-bond acceptors (Lipinski definition) is 3. The largest absolute Gasteiger partial charge is 0.452 e. The van der Waals surface area contributed by atoms with Crippen molar-refractivity contribution >= 4 is 11.9 Å². The van der Waals surface area contributed by atoms with Crippen molar-refractivity contribution in [2.24, 2.45) is 5.92 Å². The summed E-state index contributed by atoms with van der Waals surface area (Å²) in [5, 5.41) is 2.91.